The third kappa shape index (κ3) is 4.36. The van der Waals surface area contributed by atoms with Gasteiger partial charge in [0.15, 0.2) is 5.69 Å². The van der Waals surface area contributed by atoms with Crippen LogP contribution >= 0.6 is 0 Å². The van der Waals surface area contributed by atoms with Crippen LogP contribution in [0.5, 0.6) is 5.75 Å². The summed E-state index contributed by atoms with van der Waals surface area (Å²) in [6.07, 6.45) is 1.30. The van der Waals surface area contributed by atoms with E-state index in [9.17, 15) is 4.79 Å². The number of nitrogens with zero attached hydrogens (tertiary/aromatic N) is 3. The molecule has 2 atom stereocenters. The number of likely N-dealkylation sites (tertiary alicyclic amines) is 1. The monoisotopic (exact) mass is 343 g/mol. The van der Waals surface area contributed by atoms with E-state index in [0.717, 1.165) is 42.8 Å². The molecule has 1 amide bonds. The van der Waals surface area contributed by atoms with Crippen LogP contribution in [0.15, 0.2) is 24.3 Å². The number of carbonyl (C=O) groups is 1. The largest absolute Gasteiger partial charge is 0.492 e. The molecule has 7 heteroatoms. The third-order valence-corrected chi connectivity index (χ3v) is 4.51. The lowest BCUT2D eigenvalue weighted by Crippen LogP contribution is -2.40. The number of nitrogens with one attached hydrogen (secondary N) is 1. The minimum atomic E-state index is -0.608. The van der Waals surface area contributed by atoms with Crippen LogP contribution in [0.2, 0.25) is 0 Å². The van der Waals surface area contributed by atoms with E-state index in [-0.39, 0.29) is 5.69 Å². The number of ether oxygens (including phenoxy) is 1. The van der Waals surface area contributed by atoms with Gasteiger partial charge in [-0.25, -0.2) is 0 Å². The summed E-state index contributed by atoms with van der Waals surface area (Å²) >= 11 is 0. The van der Waals surface area contributed by atoms with E-state index in [1.165, 1.54) is 6.42 Å². The number of piperidine rings is 1. The lowest BCUT2D eigenvalue weighted by Gasteiger charge is -2.34. The zero-order chi connectivity index (χ0) is 17.8. The summed E-state index contributed by atoms with van der Waals surface area (Å²) in [5.74, 6) is 1.62. The van der Waals surface area contributed by atoms with Gasteiger partial charge in [-0.3, -0.25) is 9.69 Å². The van der Waals surface area contributed by atoms with Crippen LogP contribution in [0, 0.1) is 11.8 Å². The van der Waals surface area contributed by atoms with E-state index < -0.39 is 5.91 Å². The van der Waals surface area contributed by atoms with Gasteiger partial charge < -0.3 is 10.5 Å². The summed E-state index contributed by atoms with van der Waals surface area (Å²) < 4.78 is 5.90. The van der Waals surface area contributed by atoms with E-state index in [0.29, 0.717) is 12.3 Å². The molecule has 2 aromatic rings. The topological polar surface area (TPSA) is 97.1 Å². The van der Waals surface area contributed by atoms with Crippen molar-refractivity contribution in [3.05, 3.63) is 30.0 Å². The molecule has 3 N–H and O–H groups in total. The normalized spacial score (nSPS) is 21.2. The SMILES string of the molecule is CC1CC(C)CN(CCOc2cccc(-c3n[nH]nc3C(N)=O)c2)C1. The zero-order valence-corrected chi connectivity index (χ0v) is 14.7. The number of H-pyrrole nitrogens is 1. The number of rotatable bonds is 6. The fourth-order valence-corrected chi connectivity index (χ4v) is 3.60. The maximum Gasteiger partial charge on any atom is 0.271 e. The number of amides is 1. The molecule has 0 saturated carbocycles. The Morgan fingerprint density at radius 2 is 2.08 bits per heavy atom. The standard InChI is InChI=1S/C18H25N5O2/c1-12-8-13(2)11-23(10-12)6-7-25-15-5-3-4-14(9-15)16-17(18(19)24)21-22-20-16/h3-5,9,12-13H,6-8,10-11H2,1-2H3,(H2,19,24)(H,20,21,22). The second-order valence-corrected chi connectivity index (χ2v) is 6.97. The minimum Gasteiger partial charge on any atom is -0.492 e. The molecule has 3 rings (SSSR count). The van der Waals surface area contributed by atoms with Crippen molar-refractivity contribution >= 4 is 5.91 Å². The van der Waals surface area contributed by atoms with Gasteiger partial charge in [0, 0.05) is 25.2 Å². The molecule has 0 bridgehead atoms. The highest BCUT2D eigenvalue weighted by Gasteiger charge is 2.21. The minimum absolute atomic E-state index is 0.133. The first-order valence-corrected chi connectivity index (χ1v) is 8.69. The molecular formula is C18H25N5O2. The van der Waals surface area contributed by atoms with Crippen molar-refractivity contribution in [2.24, 2.45) is 17.6 Å². The Balaban J connectivity index is 1.60. The molecule has 2 heterocycles. The van der Waals surface area contributed by atoms with Crippen LogP contribution in [-0.4, -0.2) is 52.5 Å². The van der Waals surface area contributed by atoms with Gasteiger partial charge in [-0.2, -0.15) is 15.4 Å². The molecule has 0 radical (unpaired) electrons. The average Bonchev–Trinajstić information content (AvgIpc) is 3.04. The molecule has 2 unspecified atom stereocenters. The highest BCUT2D eigenvalue weighted by atomic mass is 16.5. The second kappa shape index (κ2) is 7.65. The number of hydrogen-bond acceptors (Lipinski definition) is 5. The van der Waals surface area contributed by atoms with E-state index in [1.54, 1.807) is 0 Å². The highest BCUT2D eigenvalue weighted by Crippen LogP contribution is 2.24. The first-order chi connectivity index (χ1) is 12.0. The van der Waals surface area contributed by atoms with Crippen LogP contribution in [0.3, 0.4) is 0 Å². The van der Waals surface area contributed by atoms with E-state index in [4.69, 9.17) is 10.5 Å². The van der Waals surface area contributed by atoms with Crippen molar-refractivity contribution in [3.8, 4) is 17.0 Å². The summed E-state index contributed by atoms with van der Waals surface area (Å²) in [7, 11) is 0. The number of carbonyl (C=O) groups excluding carboxylic acids is 1. The second-order valence-electron chi connectivity index (χ2n) is 6.97. The Labute approximate surface area is 147 Å². The van der Waals surface area contributed by atoms with Crippen LogP contribution in [0.4, 0.5) is 0 Å². The Hall–Kier alpha value is -2.41. The molecule has 1 fully saturated rings. The molecule has 1 aliphatic heterocycles. The van der Waals surface area contributed by atoms with Crippen molar-refractivity contribution in [2.45, 2.75) is 20.3 Å². The molecule has 0 aliphatic carbocycles. The molecule has 1 aromatic carbocycles. The maximum absolute atomic E-state index is 11.4. The van der Waals surface area contributed by atoms with E-state index in [1.807, 2.05) is 24.3 Å². The lowest BCUT2D eigenvalue weighted by molar-refractivity contribution is 0.0996. The summed E-state index contributed by atoms with van der Waals surface area (Å²) in [6, 6.07) is 7.47. The van der Waals surface area contributed by atoms with Crippen molar-refractivity contribution in [3.63, 3.8) is 0 Å². The average molecular weight is 343 g/mol. The van der Waals surface area contributed by atoms with Gasteiger partial charge >= 0.3 is 0 Å². The first-order valence-electron chi connectivity index (χ1n) is 8.69. The fourth-order valence-electron chi connectivity index (χ4n) is 3.60. The van der Waals surface area contributed by atoms with Gasteiger partial charge in [0.05, 0.1) is 0 Å². The molecule has 134 valence electrons. The number of aromatic nitrogens is 3. The van der Waals surface area contributed by atoms with E-state index in [2.05, 4.69) is 34.2 Å². The molecule has 1 aromatic heterocycles. The number of primary amides is 1. The Kier molecular flexibility index (Phi) is 5.33. The van der Waals surface area contributed by atoms with Gasteiger partial charge in [0.1, 0.15) is 18.1 Å². The van der Waals surface area contributed by atoms with Crippen molar-refractivity contribution in [2.75, 3.05) is 26.2 Å². The predicted octanol–water partition coefficient (Wildman–Crippen LogP) is 1.93. The zero-order valence-electron chi connectivity index (χ0n) is 14.7. The molecule has 25 heavy (non-hydrogen) atoms. The van der Waals surface area contributed by atoms with Crippen molar-refractivity contribution < 1.29 is 9.53 Å². The van der Waals surface area contributed by atoms with Crippen LogP contribution in [-0.2, 0) is 0 Å². The molecule has 1 saturated heterocycles. The summed E-state index contributed by atoms with van der Waals surface area (Å²) in [6.45, 7) is 8.42. The van der Waals surface area contributed by atoms with E-state index >= 15 is 0 Å². The summed E-state index contributed by atoms with van der Waals surface area (Å²) in [4.78, 5) is 13.9. The molecule has 1 aliphatic rings. The third-order valence-electron chi connectivity index (χ3n) is 4.51. The van der Waals surface area contributed by atoms with Crippen molar-refractivity contribution in [1.82, 2.24) is 20.3 Å². The molecule has 0 spiro atoms. The van der Waals surface area contributed by atoms with Gasteiger partial charge in [-0.1, -0.05) is 26.0 Å². The number of aromatic amines is 1. The lowest BCUT2D eigenvalue weighted by atomic mass is 9.92. The Bertz CT molecular complexity index is 720. The fraction of sp³-hybridized carbons (Fsp3) is 0.500. The smallest absolute Gasteiger partial charge is 0.271 e. The summed E-state index contributed by atoms with van der Waals surface area (Å²) in [5.41, 5.74) is 6.65. The molecular weight excluding hydrogens is 318 g/mol. The van der Waals surface area contributed by atoms with Gasteiger partial charge in [-0.15, -0.1) is 0 Å². The predicted molar refractivity (Wildman–Crippen MR) is 95.2 cm³/mol. The van der Waals surface area contributed by atoms with Gasteiger partial charge in [-0.05, 0) is 30.4 Å². The number of nitrogens with two attached hydrogens (primary N) is 1. The van der Waals surface area contributed by atoms with Gasteiger partial charge in [0.2, 0.25) is 0 Å². The summed E-state index contributed by atoms with van der Waals surface area (Å²) in [5, 5.41) is 10.3. The first kappa shape index (κ1) is 17.4. The molecule has 7 nitrogen and oxygen atoms in total. The van der Waals surface area contributed by atoms with Gasteiger partial charge in [0.25, 0.3) is 5.91 Å². The Morgan fingerprint density at radius 3 is 2.80 bits per heavy atom. The number of hydrogen-bond donors (Lipinski definition) is 2. The van der Waals surface area contributed by atoms with Crippen LogP contribution < -0.4 is 10.5 Å². The van der Waals surface area contributed by atoms with Crippen LogP contribution in [0.1, 0.15) is 30.8 Å². The van der Waals surface area contributed by atoms with Crippen LogP contribution in [0.25, 0.3) is 11.3 Å². The maximum atomic E-state index is 11.4. The number of benzene rings is 1. The van der Waals surface area contributed by atoms with Crippen molar-refractivity contribution in [1.29, 1.82) is 0 Å². The quantitative estimate of drug-likeness (QED) is 0.835. The highest BCUT2D eigenvalue weighted by molar-refractivity contribution is 5.96. The Morgan fingerprint density at radius 1 is 1.32 bits per heavy atom.